The van der Waals surface area contributed by atoms with E-state index in [1.165, 1.54) is 12.1 Å². The van der Waals surface area contributed by atoms with E-state index in [4.69, 9.17) is 0 Å². The van der Waals surface area contributed by atoms with Crippen molar-refractivity contribution in [2.45, 2.75) is 13.3 Å². The molecule has 1 heterocycles. The molecule has 1 amide bonds. The highest BCUT2D eigenvalue weighted by Gasteiger charge is 2.17. The quantitative estimate of drug-likeness (QED) is 0.854. The van der Waals surface area contributed by atoms with E-state index in [9.17, 15) is 9.18 Å². The molecule has 1 N–H and O–H groups in total. The van der Waals surface area contributed by atoms with Crippen LogP contribution < -0.4 is 5.32 Å². The third-order valence-corrected chi connectivity index (χ3v) is 3.93. The first-order valence-corrected chi connectivity index (χ1v) is 7.63. The van der Waals surface area contributed by atoms with Crippen molar-refractivity contribution in [2.75, 3.05) is 45.8 Å². The van der Waals surface area contributed by atoms with Gasteiger partial charge in [0.25, 0.3) is 0 Å². The topological polar surface area (TPSA) is 35.6 Å². The van der Waals surface area contributed by atoms with Crippen molar-refractivity contribution in [3.8, 4) is 0 Å². The molecule has 0 unspecified atom stereocenters. The summed E-state index contributed by atoms with van der Waals surface area (Å²) in [6.45, 7) is 8.31. The van der Waals surface area contributed by atoms with Crippen LogP contribution in [0.2, 0.25) is 0 Å². The van der Waals surface area contributed by atoms with E-state index in [2.05, 4.69) is 22.0 Å². The number of carbonyl (C=O) groups is 1. The van der Waals surface area contributed by atoms with Crippen LogP contribution >= 0.6 is 0 Å². The summed E-state index contributed by atoms with van der Waals surface area (Å²) in [5.41, 5.74) is 1.04. The van der Waals surface area contributed by atoms with Crippen LogP contribution in [0.15, 0.2) is 24.3 Å². The second kappa shape index (κ2) is 8.10. The molecule has 1 aliphatic heterocycles. The Labute approximate surface area is 125 Å². The Morgan fingerprint density at radius 1 is 1.14 bits per heavy atom. The number of nitrogens with zero attached hydrogens (tertiary/aromatic N) is 2. The van der Waals surface area contributed by atoms with Crippen molar-refractivity contribution in [1.29, 1.82) is 0 Å². The monoisotopic (exact) mass is 293 g/mol. The number of likely N-dealkylation sites (N-methyl/N-ethyl adjacent to an activating group) is 1. The molecule has 1 saturated heterocycles. The van der Waals surface area contributed by atoms with Gasteiger partial charge in [0.05, 0.1) is 6.54 Å². The molecule has 0 aromatic heterocycles. The van der Waals surface area contributed by atoms with Gasteiger partial charge in [-0.2, -0.15) is 0 Å². The first-order valence-electron chi connectivity index (χ1n) is 7.63. The third-order valence-electron chi connectivity index (χ3n) is 3.93. The summed E-state index contributed by atoms with van der Waals surface area (Å²) in [7, 11) is 0. The maximum atomic E-state index is 12.8. The molecule has 0 bridgehead atoms. The fourth-order valence-corrected chi connectivity index (χ4v) is 2.52. The van der Waals surface area contributed by atoms with Gasteiger partial charge in [-0.05, 0) is 30.7 Å². The summed E-state index contributed by atoms with van der Waals surface area (Å²) < 4.78 is 12.8. The Balaban J connectivity index is 1.62. The molecule has 0 aliphatic carbocycles. The van der Waals surface area contributed by atoms with Crippen LogP contribution in [0.4, 0.5) is 4.39 Å². The van der Waals surface area contributed by atoms with Crippen LogP contribution in [0.3, 0.4) is 0 Å². The molecule has 4 nitrogen and oxygen atoms in total. The molecule has 1 aliphatic rings. The van der Waals surface area contributed by atoms with E-state index in [1.54, 1.807) is 12.1 Å². The maximum absolute atomic E-state index is 12.8. The summed E-state index contributed by atoms with van der Waals surface area (Å²) in [6, 6.07) is 6.41. The van der Waals surface area contributed by atoms with Crippen molar-refractivity contribution in [3.05, 3.63) is 35.6 Å². The van der Waals surface area contributed by atoms with Gasteiger partial charge in [-0.3, -0.25) is 9.69 Å². The SMILES string of the molecule is CCN1CCN(CC(=O)NCCc2ccc(F)cc2)CC1. The maximum Gasteiger partial charge on any atom is 0.234 e. The highest BCUT2D eigenvalue weighted by atomic mass is 19.1. The van der Waals surface area contributed by atoms with Gasteiger partial charge in [-0.25, -0.2) is 4.39 Å². The average Bonchev–Trinajstić information content (AvgIpc) is 2.50. The molecular formula is C16H24FN3O. The molecule has 1 aromatic rings. The van der Waals surface area contributed by atoms with E-state index < -0.39 is 0 Å². The normalized spacial score (nSPS) is 16.9. The molecule has 0 saturated carbocycles. The summed E-state index contributed by atoms with van der Waals surface area (Å²) in [5, 5.41) is 2.93. The second-order valence-electron chi connectivity index (χ2n) is 5.44. The lowest BCUT2D eigenvalue weighted by Crippen LogP contribution is -2.49. The number of nitrogens with one attached hydrogen (secondary N) is 1. The van der Waals surface area contributed by atoms with Gasteiger partial charge in [0.15, 0.2) is 0 Å². The fourth-order valence-electron chi connectivity index (χ4n) is 2.52. The van der Waals surface area contributed by atoms with Gasteiger partial charge < -0.3 is 10.2 Å². The van der Waals surface area contributed by atoms with E-state index in [0.29, 0.717) is 13.1 Å². The van der Waals surface area contributed by atoms with Gasteiger partial charge >= 0.3 is 0 Å². The average molecular weight is 293 g/mol. The molecule has 5 heteroatoms. The largest absolute Gasteiger partial charge is 0.355 e. The van der Waals surface area contributed by atoms with E-state index in [0.717, 1.165) is 44.7 Å². The zero-order valence-electron chi connectivity index (χ0n) is 12.6. The number of hydrogen-bond acceptors (Lipinski definition) is 3. The zero-order chi connectivity index (χ0) is 15.1. The lowest BCUT2D eigenvalue weighted by Gasteiger charge is -2.33. The lowest BCUT2D eigenvalue weighted by atomic mass is 10.1. The van der Waals surface area contributed by atoms with Crippen LogP contribution in [0.1, 0.15) is 12.5 Å². The van der Waals surface area contributed by atoms with Crippen LogP contribution in [0.25, 0.3) is 0 Å². The minimum Gasteiger partial charge on any atom is -0.355 e. The predicted molar refractivity (Wildman–Crippen MR) is 81.7 cm³/mol. The Kier molecular flexibility index (Phi) is 6.14. The summed E-state index contributed by atoms with van der Waals surface area (Å²) in [5.74, 6) is -0.156. The fraction of sp³-hybridized carbons (Fsp3) is 0.562. The molecular weight excluding hydrogens is 269 g/mol. The second-order valence-corrected chi connectivity index (χ2v) is 5.44. The van der Waals surface area contributed by atoms with Gasteiger partial charge in [-0.1, -0.05) is 19.1 Å². The smallest absolute Gasteiger partial charge is 0.234 e. The number of piperazine rings is 1. The molecule has 1 fully saturated rings. The molecule has 21 heavy (non-hydrogen) atoms. The highest BCUT2D eigenvalue weighted by molar-refractivity contribution is 5.78. The minimum atomic E-state index is -0.228. The van der Waals surface area contributed by atoms with Crippen molar-refractivity contribution < 1.29 is 9.18 Å². The van der Waals surface area contributed by atoms with Crippen molar-refractivity contribution in [1.82, 2.24) is 15.1 Å². The van der Waals surface area contributed by atoms with Crippen molar-refractivity contribution >= 4 is 5.91 Å². The number of hydrogen-bond donors (Lipinski definition) is 1. The standard InChI is InChI=1S/C16H24FN3O/c1-2-19-9-11-20(12-10-19)13-16(21)18-8-7-14-3-5-15(17)6-4-14/h3-6H,2,7-13H2,1H3,(H,18,21). The van der Waals surface area contributed by atoms with E-state index in [-0.39, 0.29) is 11.7 Å². The van der Waals surface area contributed by atoms with Gasteiger partial charge in [0, 0.05) is 32.7 Å². The molecule has 0 spiro atoms. The van der Waals surface area contributed by atoms with E-state index >= 15 is 0 Å². The van der Waals surface area contributed by atoms with Crippen molar-refractivity contribution in [3.63, 3.8) is 0 Å². The Bertz CT molecular complexity index is 441. The zero-order valence-corrected chi connectivity index (χ0v) is 12.6. The Hall–Kier alpha value is -1.46. The summed E-state index contributed by atoms with van der Waals surface area (Å²) in [6.07, 6.45) is 0.732. The number of amides is 1. The number of benzene rings is 1. The number of carbonyl (C=O) groups excluding carboxylic acids is 1. The Morgan fingerprint density at radius 2 is 1.76 bits per heavy atom. The summed E-state index contributed by atoms with van der Waals surface area (Å²) in [4.78, 5) is 16.5. The van der Waals surface area contributed by atoms with Gasteiger partial charge in [-0.15, -0.1) is 0 Å². The Morgan fingerprint density at radius 3 is 2.38 bits per heavy atom. The minimum absolute atomic E-state index is 0.0714. The van der Waals surface area contributed by atoms with Gasteiger partial charge in [0.2, 0.25) is 5.91 Å². The molecule has 116 valence electrons. The molecule has 1 aromatic carbocycles. The first-order chi connectivity index (χ1) is 10.2. The van der Waals surface area contributed by atoms with Crippen molar-refractivity contribution in [2.24, 2.45) is 0 Å². The van der Waals surface area contributed by atoms with Crippen LogP contribution in [0, 0.1) is 5.82 Å². The number of halogens is 1. The predicted octanol–water partition coefficient (Wildman–Crippen LogP) is 1.12. The summed E-state index contributed by atoms with van der Waals surface area (Å²) >= 11 is 0. The highest BCUT2D eigenvalue weighted by Crippen LogP contribution is 2.03. The van der Waals surface area contributed by atoms with Crippen LogP contribution in [-0.2, 0) is 11.2 Å². The van der Waals surface area contributed by atoms with Crippen LogP contribution in [0.5, 0.6) is 0 Å². The lowest BCUT2D eigenvalue weighted by molar-refractivity contribution is -0.122. The van der Waals surface area contributed by atoms with Crippen LogP contribution in [-0.4, -0.2) is 61.5 Å². The molecule has 0 radical (unpaired) electrons. The molecule has 0 atom stereocenters. The van der Waals surface area contributed by atoms with Gasteiger partial charge in [0.1, 0.15) is 5.82 Å². The number of rotatable bonds is 6. The third kappa shape index (κ3) is 5.44. The molecule has 2 rings (SSSR count). The first kappa shape index (κ1) is 15.9. The van der Waals surface area contributed by atoms with E-state index in [1.807, 2.05) is 0 Å².